The van der Waals surface area contributed by atoms with Crippen molar-refractivity contribution >= 4 is 14.3 Å². The number of carbonyl (C=O) groups is 1. The molecule has 0 radical (unpaired) electrons. The Hall–Kier alpha value is -0.473. The van der Waals surface area contributed by atoms with E-state index in [4.69, 9.17) is 9.16 Å². The Kier molecular flexibility index (Phi) is 10.9. The normalized spacial score (nSPS) is 20.6. The zero-order chi connectivity index (χ0) is 22.4. The van der Waals surface area contributed by atoms with Gasteiger partial charge in [0, 0.05) is 37.2 Å². The Labute approximate surface area is 172 Å². The maximum Gasteiger partial charge on any atom is 0.302 e. The molecule has 0 aromatic heterocycles. The van der Waals surface area contributed by atoms with Crippen LogP contribution in [0.15, 0.2) is 0 Å². The smallest absolute Gasteiger partial charge is 0.302 e. The van der Waals surface area contributed by atoms with Crippen LogP contribution in [-0.2, 0) is 14.0 Å². The second-order valence-corrected chi connectivity index (χ2v) is 14.7. The standard InChI is InChI=1S/C21H44O6Si/c1-13(11-22)18(24)15(3)20(27-28(9,10)21(6,7)8)16(4)19(25)14(2)12-26-17(5)23/h13-16,18-20,22,24-25H,11-12H2,1-10H3/t13-,14+,15+,16-,18-,19+,20+/m0/s1. The van der Waals surface area contributed by atoms with Crippen molar-refractivity contribution in [2.45, 2.75) is 91.8 Å². The van der Waals surface area contributed by atoms with Crippen molar-refractivity contribution in [1.29, 1.82) is 0 Å². The molecule has 0 aliphatic rings. The van der Waals surface area contributed by atoms with Crippen molar-refractivity contribution in [2.24, 2.45) is 23.7 Å². The summed E-state index contributed by atoms with van der Waals surface area (Å²) in [5, 5.41) is 31.1. The van der Waals surface area contributed by atoms with Gasteiger partial charge < -0.3 is 24.5 Å². The van der Waals surface area contributed by atoms with Crippen LogP contribution in [0, 0.1) is 23.7 Å². The summed E-state index contributed by atoms with van der Waals surface area (Å²) in [6.45, 7) is 19.6. The number of hydrogen-bond donors (Lipinski definition) is 3. The molecule has 0 aliphatic heterocycles. The lowest BCUT2D eigenvalue weighted by molar-refractivity contribution is -0.144. The monoisotopic (exact) mass is 420 g/mol. The topological polar surface area (TPSA) is 96.2 Å². The molecule has 0 saturated carbocycles. The molecular formula is C21H44O6Si. The second kappa shape index (κ2) is 11.1. The first-order valence-corrected chi connectivity index (χ1v) is 13.3. The molecule has 0 bridgehead atoms. The Morgan fingerprint density at radius 2 is 1.39 bits per heavy atom. The molecular weight excluding hydrogens is 376 g/mol. The molecule has 6 nitrogen and oxygen atoms in total. The average Bonchev–Trinajstić information content (AvgIpc) is 2.59. The predicted octanol–water partition coefficient (Wildman–Crippen LogP) is 3.20. The van der Waals surface area contributed by atoms with Crippen molar-refractivity contribution in [3.63, 3.8) is 0 Å². The highest BCUT2D eigenvalue weighted by molar-refractivity contribution is 6.74. The van der Waals surface area contributed by atoms with Crippen LogP contribution in [0.2, 0.25) is 18.1 Å². The summed E-state index contributed by atoms with van der Waals surface area (Å²) in [7, 11) is -2.17. The molecule has 0 aromatic rings. The molecule has 3 N–H and O–H groups in total. The number of carbonyl (C=O) groups excluding carboxylic acids is 1. The van der Waals surface area contributed by atoms with Crippen LogP contribution < -0.4 is 0 Å². The van der Waals surface area contributed by atoms with Crippen molar-refractivity contribution < 1.29 is 29.3 Å². The van der Waals surface area contributed by atoms with Crippen LogP contribution in [0.25, 0.3) is 0 Å². The van der Waals surface area contributed by atoms with E-state index in [-0.39, 0.29) is 54.0 Å². The van der Waals surface area contributed by atoms with Gasteiger partial charge >= 0.3 is 5.97 Å². The van der Waals surface area contributed by atoms with Gasteiger partial charge in [0.1, 0.15) is 0 Å². The lowest BCUT2D eigenvalue weighted by atomic mass is 9.80. The van der Waals surface area contributed by atoms with E-state index < -0.39 is 20.5 Å². The fourth-order valence-electron chi connectivity index (χ4n) is 3.09. The van der Waals surface area contributed by atoms with Crippen LogP contribution >= 0.6 is 0 Å². The van der Waals surface area contributed by atoms with Gasteiger partial charge in [-0.15, -0.1) is 0 Å². The second-order valence-electron chi connectivity index (χ2n) is 9.98. The highest BCUT2D eigenvalue weighted by Gasteiger charge is 2.44. The van der Waals surface area contributed by atoms with E-state index in [0.29, 0.717) is 0 Å². The largest absolute Gasteiger partial charge is 0.465 e. The van der Waals surface area contributed by atoms with Gasteiger partial charge in [-0.1, -0.05) is 48.5 Å². The molecule has 0 rings (SSSR count). The molecule has 0 heterocycles. The van der Waals surface area contributed by atoms with Gasteiger partial charge in [0.2, 0.25) is 0 Å². The highest BCUT2D eigenvalue weighted by Crippen LogP contribution is 2.40. The zero-order valence-corrected chi connectivity index (χ0v) is 20.5. The summed E-state index contributed by atoms with van der Waals surface area (Å²) in [6.07, 6.45) is -1.90. The predicted molar refractivity (Wildman–Crippen MR) is 114 cm³/mol. The zero-order valence-electron chi connectivity index (χ0n) is 19.5. The van der Waals surface area contributed by atoms with Gasteiger partial charge in [0.25, 0.3) is 0 Å². The molecule has 0 unspecified atom stereocenters. The third-order valence-corrected chi connectivity index (χ3v) is 10.8. The number of aliphatic hydroxyl groups is 3. The number of ether oxygens (including phenoxy) is 1. The number of esters is 1. The molecule has 7 heteroatoms. The molecule has 168 valence electrons. The molecule has 0 fully saturated rings. The van der Waals surface area contributed by atoms with E-state index >= 15 is 0 Å². The van der Waals surface area contributed by atoms with Gasteiger partial charge in [0.15, 0.2) is 8.32 Å². The van der Waals surface area contributed by atoms with Gasteiger partial charge in [-0.25, -0.2) is 0 Å². The lowest BCUT2D eigenvalue weighted by Gasteiger charge is -2.45. The third-order valence-electron chi connectivity index (χ3n) is 6.35. The minimum atomic E-state index is -2.17. The quantitative estimate of drug-likeness (QED) is 0.351. The fourth-order valence-corrected chi connectivity index (χ4v) is 4.55. The van der Waals surface area contributed by atoms with Crippen LogP contribution in [0.3, 0.4) is 0 Å². The number of aliphatic hydroxyl groups excluding tert-OH is 3. The van der Waals surface area contributed by atoms with Gasteiger partial charge in [0.05, 0.1) is 24.9 Å². The van der Waals surface area contributed by atoms with Gasteiger partial charge in [-0.05, 0) is 18.1 Å². The Balaban J connectivity index is 5.66. The first kappa shape index (κ1) is 27.5. The van der Waals surface area contributed by atoms with E-state index in [9.17, 15) is 20.1 Å². The average molecular weight is 421 g/mol. The Morgan fingerprint density at radius 1 is 0.964 bits per heavy atom. The Bertz CT molecular complexity index is 476. The third kappa shape index (κ3) is 7.75. The fraction of sp³-hybridized carbons (Fsp3) is 0.952. The highest BCUT2D eigenvalue weighted by atomic mass is 28.4. The minimum absolute atomic E-state index is 0.0213. The summed E-state index contributed by atoms with van der Waals surface area (Å²) >= 11 is 0. The van der Waals surface area contributed by atoms with E-state index in [1.54, 1.807) is 6.92 Å². The van der Waals surface area contributed by atoms with Crippen LogP contribution in [0.5, 0.6) is 0 Å². The van der Waals surface area contributed by atoms with Crippen molar-refractivity contribution in [3.05, 3.63) is 0 Å². The maximum atomic E-state index is 11.1. The van der Waals surface area contributed by atoms with Gasteiger partial charge in [-0.2, -0.15) is 0 Å². The molecule has 0 aliphatic carbocycles. The molecule has 0 aromatic carbocycles. The van der Waals surface area contributed by atoms with E-state index in [1.165, 1.54) is 6.92 Å². The van der Waals surface area contributed by atoms with Crippen LogP contribution in [0.4, 0.5) is 0 Å². The lowest BCUT2D eigenvalue weighted by Crippen LogP contribution is -2.52. The number of rotatable bonds is 11. The summed E-state index contributed by atoms with van der Waals surface area (Å²) in [5.41, 5.74) is 0. The van der Waals surface area contributed by atoms with Crippen LogP contribution in [0.1, 0.15) is 55.4 Å². The van der Waals surface area contributed by atoms with Crippen molar-refractivity contribution in [3.8, 4) is 0 Å². The van der Waals surface area contributed by atoms with Crippen molar-refractivity contribution in [1.82, 2.24) is 0 Å². The number of hydrogen-bond acceptors (Lipinski definition) is 6. The summed E-state index contributed by atoms with van der Waals surface area (Å²) in [6, 6.07) is 0. The molecule has 0 spiro atoms. The first-order valence-electron chi connectivity index (χ1n) is 10.3. The van der Waals surface area contributed by atoms with Crippen molar-refractivity contribution in [2.75, 3.05) is 13.2 Å². The van der Waals surface area contributed by atoms with E-state index in [2.05, 4.69) is 33.9 Å². The molecule has 7 atom stereocenters. The maximum absolute atomic E-state index is 11.1. The minimum Gasteiger partial charge on any atom is -0.465 e. The SMILES string of the molecule is CC(=O)OC[C@@H](C)[C@@H](O)[C@H](C)[C@H](O[Si](C)(C)C(C)(C)C)[C@H](C)[C@@H](O)[C@@H](C)CO. The van der Waals surface area contributed by atoms with Gasteiger partial charge in [-0.3, -0.25) is 4.79 Å². The Morgan fingerprint density at radius 3 is 1.75 bits per heavy atom. The van der Waals surface area contributed by atoms with E-state index in [1.807, 2.05) is 20.8 Å². The molecule has 0 saturated heterocycles. The van der Waals surface area contributed by atoms with E-state index in [0.717, 1.165) is 0 Å². The summed E-state index contributed by atoms with van der Waals surface area (Å²) in [4.78, 5) is 11.1. The summed E-state index contributed by atoms with van der Waals surface area (Å²) in [5.74, 6) is -1.48. The first-order chi connectivity index (χ1) is 12.6. The summed E-state index contributed by atoms with van der Waals surface area (Å²) < 4.78 is 11.7. The van der Waals surface area contributed by atoms with Crippen LogP contribution in [-0.4, -0.2) is 61.1 Å². The molecule has 0 amide bonds. The molecule has 28 heavy (non-hydrogen) atoms.